The number of thioether (sulfide) groups is 1. The molecule has 4 nitrogen and oxygen atoms in total. The van der Waals surface area contributed by atoms with Crippen LogP contribution in [-0.4, -0.2) is 34.6 Å². The Labute approximate surface area is 146 Å². The van der Waals surface area contributed by atoms with Crippen LogP contribution in [0, 0.1) is 0 Å². The first kappa shape index (κ1) is 14.6. The van der Waals surface area contributed by atoms with E-state index >= 15 is 0 Å². The maximum absolute atomic E-state index is 11.9. The summed E-state index contributed by atoms with van der Waals surface area (Å²) in [5, 5.41) is 3.42. The highest BCUT2D eigenvalue weighted by molar-refractivity contribution is 8.16. The van der Waals surface area contributed by atoms with E-state index in [1.165, 1.54) is 42.1 Å². The number of carbonyl (C=O) groups is 1. The van der Waals surface area contributed by atoms with Crippen LogP contribution in [-0.2, 0) is 4.79 Å². The number of fused-ring (bicyclic) bond motifs is 3. The van der Waals surface area contributed by atoms with E-state index in [0.29, 0.717) is 18.5 Å². The normalized spacial score (nSPS) is 28.8. The topological polar surface area (TPSA) is 35.9 Å². The highest BCUT2D eigenvalue weighted by Crippen LogP contribution is 2.44. The second kappa shape index (κ2) is 5.66. The Balaban J connectivity index is 1.41. The molecule has 0 unspecified atom stereocenters. The Morgan fingerprint density at radius 1 is 1.08 bits per heavy atom. The van der Waals surface area contributed by atoms with E-state index < -0.39 is 0 Å². The summed E-state index contributed by atoms with van der Waals surface area (Å²) in [7, 11) is 0. The maximum atomic E-state index is 11.9. The number of carbonyl (C=O) groups excluding carboxylic acids is 1. The molecule has 1 saturated carbocycles. The summed E-state index contributed by atoms with van der Waals surface area (Å²) in [6.07, 6.45) is 6.76. The first-order chi connectivity index (χ1) is 11.8. The second-order valence-corrected chi connectivity index (χ2v) is 7.85. The molecule has 5 heteroatoms. The third-order valence-electron chi connectivity index (χ3n) is 5.59. The Hall–Kier alpha value is -1.75. The highest BCUT2D eigenvalue weighted by atomic mass is 32.2. The van der Waals surface area contributed by atoms with Gasteiger partial charge in [-0.25, -0.2) is 0 Å². The number of benzene rings is 1. The van der Waals surface area contributed by atoms with Crippen molar-refractivity contribution < 1.29 is 4.79 Å². The Bertz CT molecular complexity index is 739. The number of hydrogen-bond donors (Lipinski definition) is 0. The molecule has 1 aliphatic carbocycles. The van der Waals surface area contributed by atoms with Gasteiger partial charge >= 0.3 is 0 Å². The summed E-state index contributed by atoms with van der Waals surface area (Å²) in [6.45, 7) is 0.851. The fourth-order valence-electron chi connectivity index (χ4n) is 4.36. The predicted octanol–water partition coefficient (Wildman–Crippen LogP) is 3.84. The number of amides is 1. The Morgan fingerprint density at radius 3 is 2.71 bits per heavy atom. The number of rotatable bonds is 2. The minimum absolute atomic E-state index is 0.248. The zero-order valence-electron chi connectivity index (χ0n) is 13.6. The van der Waals surface area contributed by atoms with E-state index in [0.717, 1.165) is 18.7 Å². The minimum Gasteiger partial charge on any atom is -0.315 e. The van der Waals surface area contributed by atoms with Crippen molar-refractivity contribution in [1.82, 2.24) is 4.90 Å². The molecule has 1 saturated heterocycles. The molecule has 3 aliphatic heterocycles. The standard InChI is InChI=1S/C19H21N3OS/c23-18-6-3-11-21(18)14-9-7-13(8-10-14)17-12-24-19-20-15-4-1-2-5-16(15)22(17)19/h7-10,12,15-16H,1-6,11H2/t15-,16+/m1/s1. The summed E-state index contributed by atoms with van der Waals surface area (Å²) in [4.78, 5) is 21.2. The van der Waals surface area contributed by atoms with Crippen molar-refractivity contribution in [3.05, 3.63) is 35.2 Å². The molecule has 0 spiro atoms. The molecule has 1 aromatic carbocycles. The average molecular weight is 339 g/mol. The van der Waals surface area contributed by atoms with Gasteiger partial charge in [0.2, 0.25) is 5.91 Å². The number of anilines is 1. The monoisotopic (exact) mass is 339 g/mol. The molecule has 1 aromatic rings. The fourth-order valence-corrected chi connectivity index (χ4v) is 5.37. The SMILES string of the molecule is O=C1CCCN1c1ccc(C2=CSC3=N[C@@H]4CCCC[C@@H]4N23)cc1. The van der Waals surface area contributed by atoms with E-state index in [4.69, 9.17) is 4.99 Å². The molecule has 3 heterocycles. The molecule has 2 atom stereocenters. The van der Waals surface area contributed by atoms with Crippen LogP contribution in [0.15, 0.2) is 34.7 Å². The smallest absolute Gasteiger partial charge is 0.227 e. The molecule has 0 aromatic heterocycles. The van der Waals surface area contributed by atoms with Gasteiger partial charge in [-0.3, -0.25) is 9.79 Å². The molecule has 0 N–H and O–H groups in total. The minimum atomic E-state index is 0.248. The van der Waals surface area contributed by atoms with Gasteiger partial charge in [0.15, 0.2) is 5.17 Å². The maximum Gasteiger partial charge on any atom is 0.227 e. The van der Waals surface area contributed by atoms with Gasteiger partial charge in [-0.1, -0.05) is 36.7 Å². The number of amidine groups is 1. The van der Waals surface area contributed by atoms with Crippen molar-refractivity contribution in [2.75, 3.05) is 11.4 Å². The summed E-state index contributed by atoms with van der Waals surface area (Å²) in [6, 6.07) is 9.54. The quantitative estimate of drug-likeness (QED) is 0.821. The van der Waals surface area contributed by atoms with Crippen LogP contribution in [0.2, 0.25) is 0 Å². The Morgan fingerprint density at radius 2 is 1.92 bits per heavy atom. The van der Waals surface area contributed by atoms with Gasteiger partial charge in [-0.05, 0) is 37.0 Å². The summed E-state index contributed by atoms with van der Waals surface area (Å²) < 4.78 is 0. The van der Waals surface area contributed by atoms with E-state index in [1.54, 1.807) is 11.8 Å². The summed E-state index contributed by atoms with van der Waals surface area (Å²) in [5.74, 6) is 0.248. The number of hydrogen-bond acceptors (Lipinski definition) is 4. The van der Waals surface area contributed by atoms with E-state index in [1.807, 2.05) is 4.90 Å². The molecule has 2 fully saturated rings. The molecule has 4 aliphatic rings. The summed E-state index contributed by atoms with van der Waals surface area (Å²) in [5.41, 5.74) is 3.54. The number of aliphatic imine (C=N–C) groups is 1. The predicted molar refractivity (Wildman–Crippen MR) is 98.9 cm³/mol. The third-order valence-corrected chi connectivity index (χ3v) is 6.45. The first-order valence-corrected chi connectivity index (χ1v) is 9.84. The van der Waals surface area contributed by atoms with Crippen molar-refractivity contribution in [3.63, 3.8) is 0 Å². The molecule has 24 heavy (non-hydrogen) atoms. The van der Waals surface area contributed by atoms with Crippen LogP contribution in [0.3, 0.4) is 0 Å². The zero-order valence-corrected chi connectivity index (χ0v) is 14.5. The van der Waals surface area contributed by atoms with Crippen molar-refractivity contribution in [2.45, 2.75) is 50.6 Å². The van der Waals surface area contributed by atoms with Crippen molar-refractivity contribution in [1.29, 1.82) is 0 Å². The van der Waals surface area contributed by atoms with Crippen LogP contribution in [0.25, 0.3) is 5.70 Å². The molecular formula is C19H21N3OS. The van der Waals surface area contributed by atoms with Crippen molar-refractivity contribution in [2.24, 2.45) is 4.99 Å². The molecule has 0 bridgehead atoms. The lowest BCUT2D eigenvalue weighted by Gasteiger charge is -2.32. The average Bonchev–Trinajstić information content (AvgIpc) is 3.29. The van der Waals surface area contributed by atoms with Gasteiger partial charge in [0, 0.05) is 24.1 Å². The second-order valence-electron chi connectivity index (χ2n) is 7.02. The largest absolute Gasteiger partial charge is 0.315 e. The van der Waals surface area contributed by atoms with Gasteiger partial charge in [-0.15, -0.1) is 0 Å². The van der Waals surface area contributed by atoms with Crippen LogP contribution in [0.1, 0.15) is 44.1 Å². The molecule has 1 amide bonds. The van der Waals surface area contributed by atoms with Crippen LogP contribution in [0.4, 0.5) is 5.69 Å². The number of nitrogens with zero attached hydrogens (tertiary/aromatic N) is 3. The molecule has 0 radical (unpaired) electrons. The highest BCUT2D eigenvalue weighted by Gasteiger charge is 2.42. The van der Waals surface area contributed by atoms with Gasteiger partial charge in [0.25, 0.3) is 0 Å². The molecule has 124 valence electrons. The first-order valence-electron chi connectivity index (χ1n) is 8.96. The van der Waals surface area contributed by atoms with E-state index in [9.17, 15) is 4.79 Å². The van der Waals surface area contributed by atoms with Crippen LogP contribution >= 0.6 is 11.8 Å². The van der Waals surface area contributed by atoms with Crippen LogP contribution in [0.5, 0.6) is 0 Å². The lowest BCUT2D eigenvalue weighted by Crippen LogP contribution is -2.38. The lowest BCUT2D eigenvalue weighted by atomic mass is 9.90. The fraction of sp³-hybridized carbons (Fsp3) is 0.474. The molecule has 5 rings (SSSR count). The Kier molecular flexibility index (Phi) is 3.44. The third kappa shape index (κ3) is 2.21. The van der Waals surface area contributed by atoms with Crippen molar-refractivity contribution >= 4 is 34.2 Å². The van der Waals surface area contributed by atoms with Crippen molar-refractivity contribution in [3.8, 4) is 0 Å². The lowest BCUT2D eigenvalue weighted by molar-refractivity contribution is -0.117. The zero-order chi connectivity index (χ0) is 16.1. The molecular weight excluding hydrogens is 318 g/mol. The van der Waals surface area contributed by atoms with Gasteiger partial charge in [0.1, 0.15) is 0 Å². The van der Waals surface area contributed by atoms with Gasteiger partial charge in [-0.2, -0.15) is 0 Å². The van der Waals surface area contributed by atoms with E-state index in [-0.39, 0.29) is 5.91 Å². The van der Waals surface area contributed by atoms with Gasteiger partial charge < -0.3 is 9.80 Å². The van der Waals surface area contributed by atoms with Crippen LogP contribution < -0.4 is 4.90 Å². The van der Waals surface area contributed by atoms with E-state index in [2.05, 4.69) is 34.6 Å². The van der Waals surface area contributed by atoms with Gasteiger partial charge in [0.05, 0.1) is 17.8 Å². The summed E-state index contributed by atoms with van der Waals surface area (Å²) >= 11 is 1.76.